The molecule has 0 fully saturated rings. The second kappa shape index (κ2) is 7.94. The predicted molar refractivity (Wildman–Crippen MR) is 112 cm³/mol. The molecule has 0 saturated carbocycles. The standard InChI is InChI=1S/C23H21FN4O2/c1-15-8-7-11-21(28-23(29)27(3)25-26-28)19(15)14-30-22-13-20(24)18(12-16(22)2)17-9-5-4-6-10-17/h4-13H,14H2,1-3H3. The van der Waals surface area contributed by atoms with Crippen molar-refractivity contribution in [1.82, 2.24) is 19.8 Å². The summed E-state index contributed by atoms with van der Waals surface area (Å²) in [6.07, 6.45) is 0. The van der Waals surface area contributed by atoms with Crippen LogP contribution in [0.25, 0.3) is 16.8 Å². The molecule has 0 saturated heterocycles. The van der Waals surface area contributed by atoms with E-state index in [1.165, 1.54) is 17.8 Å². The molecule has 0 amide bonds. The third kappa shape index (κ3) is 3.61. The third-order valence-corrected chi connectivity index (χ3v) is 5.06. The summed E-state index contributed by atoms with van der Waals surface area (Å²) >= 11 is 0. The fourth-order valence-electron chi connectivity index (χ4n) is 3.35. The van der Waals surface area contributed by atoms with Gasteiger partial charge in [0, 0.05) is 24.2 Å². The van der Waals surface area contributed by atoms with Crippen LogP contribution in [0.15, 0.2) is 65.5 Å². The quantitative estimate of drug-likeness (QED) is 0.505. The highest BCUT2D eigenvalue weighted by Gasteiger charge is 2.15. The van der Waals surface area contributed by atoms with Gasteiger partial charge in [0.15, 0.2) is 0 Å². The molecule has 30 heavy (non-hydrogen) atoms. The molecule has 0 aliphatic rings. The highest BCUT2D eigenvalue weighted by molar-refractivity contribution is 5.66. The van der Waals surface area contributed by atoms with Crippen molar-refractivity contribution in [3.63, 3.8) is 0 Å². The maximum Gasteiger partial charge on any atom is 0.368 e. The van der Waals surface area contributed by atoms with Crippen LogP contribution in [0, 0.1) is 19.7 Å². The van der Waals surface area contributed by atoms with Gasteiger partial charge in [0.25, 0.3) is 0 Å². The molecular weight excluding hydrogens is 383 g/mol. The van der Waals surface area contributed by atoms with Crippen LogP contribution >= 0.6 is 0 Å². The Morgan fingerprint density at radius 3 is 2.43 bits per heavy atom. The topological polar surface area (TPSA) is 61.9 Å². The van der Waals surface area contributed by atoms with Crippen LogP contribution in [-0.4, -0.2) is 19.8 Å². The van der Waals surface area contributed by atoms with Crippen LogP contribution in [0.5, 0.6) is 5.75 Å². The maximum atomic E-state index is 14.8. The normalized spacial score (nSPS) is 10.9. The van der Waals surface area contributed by atoms with Crippen molar-refractivity contribution in [2.45, 2.75) is 20.5 Å². The molecule has 0 bridgehead atoms. The highest BCUT2D eigenvalue weighted by Crippen LogP contribution is 2.30. The van der Waals surface area contributed by atoms with Crippen molar-refractivity contribution in [3.8, 4) is 22.6 Å². The van der Waals surface area contributed by atoms with E-state index in [9.17, 15) is 9.18 Å². The Morgan fingerprint density at radius 1 is 0.967 bits per heavy atom. The largest absolute Gasteiger partial charge is 0.488 e. The Hall–Kier alpha value is -3.74. The lowest BCUT2D eigenvalue weighted by Gasteiger charge is -2.15. The molecule has 0 unspecified atom stereocenters. The maximum absolute atomic E-state index is 14.8. The second-order valence-corrected chi connectivity index (χ2v) is 7.12. The lowest BCUT2D eigenvalue weighted by molar-refractivity contribution is 0.301. The number of aromatic nitrogens is 4. The van der Waals surface area contributed by atoms with Gasteiger partial charge >= 0.3 is 5.69 Å². The molecule has 0 aliphatic heterocycles. The number of aryl methyl sites for hydroxylation is 3. The number of hydrogen-bond acceptors (Lipinski definition) is 4. The summed E-state index contributed by atoms with van der Waals surface area (Å²) in [6.45, 7) is 3.97. The summed E-state index contributed by atoms with van der Waals surface area (Å²) in [5.74, 6) is 0.102. The molecular formula is C23H21FN4O2. The van der Waals surface area contributed by atoms with E-state index in [1.807, 2.05) is 56.3 Å². The van der Waals surface area contributed by atoms with Crippen LogP contribution in [0.2, 0.25) is 0 Å². The molecule has 4 rings (SSSR count). The van der Waals surface area contributed by atoms with E-state index in [1.54, 1.807) is 12.1 Å². The van der Waals surface area contributed by atoms with Crippen molar-refractivity contribution in [1.29, 1.82) is 0 Å². The number of halogens is 1. The number of tetrazole rings is 1. The molecule has 0 atom stereocenters. The van der Waals surface area contributed by atoms with Gasteiger partial charge in [-0.1, -0.05) is 42.5 Å². The molecule has 0 N–H and O–H groups in total. The molecule has 3 aromatic carbocycles. The van der Waals surface area contributed by atoms with Gasteiger partial charge in [-0.15, -0.1) is 0 Å². The van der Waals surface area contributed by atoms with Crippen LogP contribution in [0.1, 0.15) is 16.7 Å². The molecule has 0 aliphatic carbocycles. The molecule has 7 heteroatoms. The fourth-order valence-corrected chi connectivity index (χ4v) is 3.35. The monoisotopic (exact) mass is 404 g/mol. The summed E-state index contributed by atoms with van der Waals surface area (Å²) in [5.41, 5.74) is 4.12. The molecule has 1 aromatic heterocycles. The summed E-state index contributed by atoms with van der Waals surface area (Å²) in [5, 5.41) is 7.69. The van der Waals surface area contributed by atoms with Crippen LogP contribution in [0.3, 0.4) is 0 Å². The molecule has 0 spiro atoms. The first-order chi connectivity index (χ1) is 14.5. The van der Waals surface area contributed by atoms with Gasteiger partial charge in [-0.2, -0.15) is 9.36 Å². The van der Waals surface area contributed by atoms with Crippen molar-refractivity contribution in [3.05, 3.63) is 93.7 Å². The third-order valence-electron chi connectivity index (χ3n) is 5.06. The van der Waals surface area contributed by atoms with Gasteiger partial charge in [-0.3, -0.25) is 0 Å². The molecule has 4 aromatic rings. The van der Waals surface area contributed by atoms with E-state index in [-0.39, 0.29) is 18.1 Å². The molecule has 0 radical (unpaired) electrons. The van der Waals surface area contributed by atoms with E-state index in [0.717, 1.165) is 26.9 Å². The number of ether oxygens (including phenoxy) is 1. The Morgan fingerprint density at radius 2 is 1.73 bits per heavy atom. The zero-order valence-electron chi connectivity index (χ0n) is 17.0. The minimum absolute atomic E-state index is 0.163. The van der Waals surface area contributed by atoms with E-state index >= 15 is 0 Å². The average molecular weight is 404 g/mol. The van der Waals surface area contributed by atoms with E-state index in [2.05, 4.69) is 10.4 Å². The first-order valence-corrected chi connectivity index (χ1v) is 9.52. The zero-order valence-corrected chi connectivity index (χ0v) is 17.0. The van der Waals surface area contributed by atoms with E-state index in [4.69, 9.17) is 4.74 Å². The number of hydrogen-bond donors (Lipinski definition) is 0. The highest BCUT2D eigenvalue weighted by atomic mass is 19.1. The van der Waals surface area contributed by atoms with E-state index < -0.39 is 0 Å². The van der Waals surface area contributed by atoms with Crippen molar-refractivity contribution >= 4 is 0 Å². The van der Waals surface area contributed by atoms with E-state index in [0.29, 0.717) is 17.0 Å². The van der Waals surface area contributed by atoms with Gasteiger partial charge in [-0.25, -0.2) is 9.18 Å². The fraction of sp³-hybridized carbons (Fsp3) is 0.174. The summed E-state index contributed by atoms with van der Waals surface area (Å²) in [4.78, 5) is 12.3. The van der Waals surface area contributed by atoms with Gasteiger partial charge in [0.1, 0.15) is 18.2 Å². The SMILES string of the molecule is Cc1cc(-c2ccccc2)c(F)cc1OCc1c(C)cccc1-n1nnn(C)c1=O. The molecule has 152 valence electrons. The number of nitrogens with zero attached hydrogens (tertiary/aromatic N) is 4. The number of benzene rings is 3. The second-order valence-electron chi connectivity index (χ2n) is 7.12. The van der Waals surface area contributed by atoms with Crippen molar-refractivity contribution in [2.75, 3.05) is 0 Å². The Labute approximate surface area is 173 Å². The first-order valence-electron chi connectivity index (χ1n) is 9.52. The average Bonchev–Trinajstić information content (AvgIpc) is 3.08. The summed E-state index contributed by atoms with van der Waals surface area (Å²) in [6, 6.07) is 18.1. The first kappa shape index (κ1) is 19.6. The Bertz CT molecular complexity index is 1260. The Balaban J connectivity index is 1.66. The van der Waals surface area contributed by atoms with Crippen molar-refractivity contribution < 1.29 is 9.13 Å². The van der Waals surface area contributed by atoms with Crippen LogP contribution in [0.4, 0.5) is 4.39 Å². The lowest BCUT2D eigenvalue weighted by Crippen LogP contribution is -2.23. The molecule has 6 nitrogen and oxygen atoms in total. The zero-order chi connectivity index (χ0) is 21.3. The Kier molecular flexibility index (Phi) is 5.18. The number of rotatable bonds is 5. The van der Waals surface area contributed by atoms with Gasteiger partial charge in [0.2, 0.25) is 0 Å². The smallest absolute Gasteiger partial charge is 0.368 e. The lowest BCUT2D eigenvalue weighted by atomic mass is 10.0. The minimum atomic E-state index is -0.351. The van der Waals surface area contributed by atoms with Crippen LogP contribution < -0.4 is 10.4 Å². The van der Waals surface area contributed by atoms with Crippen LogP contribution in [-0.2, 0) is 13.7 Å². The predicted octanol–water partition coefficient (Wildman–Crippen LogP) is 3.97. The summed E-state index contributed by atoms with van der Waals surface area (Å²) < 4.78 is 23.1. The van der Waals surface area contributed by atoms with Crippen molar-refractivity contribution in [2.24, 2.45) is 7.05 Å². The molecule has 1 heterocycles. The summed E-state index contributed by atoms with van der Waals surface area (Å²) in [7, 11) is 1.54. The van der Waals surface area contributed by atoms with Gasteiger partial charge in [-0.05, 0) is 53.1 Å². The van der Waals surface area contributed by atoms with Gasteiger partial charge in [0.05, 0.1) is 5.69 Å². The minimum Gasteiger partial charge on any atom is -0.488 e. The van der Waals surface area contributed by atoms with Gasteiger partial charge < -0.3 is 4.74 Å².